The molecule has 0 aromatic carbocycles. The Hall–Kier alpha value is -0.120. The van der Waals surface area contributed by atoms with Gasteiger partial charge >= 0.3 is 0 Å². The Balaban J connectivity index is 2.05. The maximum Gasteiger partial charge on any atom is 0.0113 e. The van der Waals surface area contributed by atoms with Gasteiger partial charge in [0.1, 0.15) is 0 Å². The molecule has 102 valence electrons. The summed E-state index contributed by atoms with van der Waals surface area (Å²) in [6.45, 7) is 9.40. The van der Waals surface area contributed by atoms with Crippen LogP contribution in [0, 0.1) is 0 Å². The molecule has 17 heavy (non-hydrogen) atoms. The van der Waals surface area contributed by atoms with E-state index in [0.29, 0.717) is 0 Å². The minimum Gasteiger partial charge on any atom is -0.315 e. The van der Waals surface area contributed by atoms with E-state index in [1.807, 2.05) is 0 Å². The summed E-state index contributed by atoms with van der Waals surface area (Å²) in [4.78, 5) is 4.94. The molecule has 1 heterocycles. The van der Waals surface area contributed by atoms with Gasteiger partial charge < -0.3 is 10.2 Å². The Bertz CT molecular complexity index is 194. The molecule has 2 unspecified atom stereocenters. The minimum atomic E-state index is 0.795. The molecule has 0 radical (unpaired) electrons. The van der Waals surface area contributed by atoms with Gasteiger partial charge in [0.2, 0.25) is 0 Å². The van der Waals surface area contributed by atoms with Crippen LogP contribution in [0.5, 0.6) is 0 Å². The molecule has 1 fully saturated rings. The predicted molar refractivity (Wildman–Crippen MR) is 75.5 cm³/mol. The third kappa shape index (κ3) is 5.36. The van der Waals surface area contributed by atoms with Crippen molar-refractivity contribution >= 4 is 0 Å². The van der Waals surface area contributed by atoms with Crippen LogP contribution in [0.15, 0.2) is 0 Å². The zero-order chi connectivity index (χ0) is 12.7. The molecule has 0 amide bonds. The first-order chi connectivity index (χ1) is 8.15. The summed E-state index contributed by atoms with van der Waals surface area (Å²) >= 11 is 0. The molecule has 1 aliphatic heterocycles. The van der Waals surface area contributed by atoms with Crippen molar-refractivity contribution in [2.24, 2.45) is 0 Å². The lowest BCUT2D eigenvalue weighted by Gasteiger charge is -2.27. The zero-order valence-corrected chi connectivity index (χ0v) is 12.2. The molecule has 0 aliphatic carbocycles. The van der Waals surface area contributed by atoms with Crippen LogP contribution < -0.4 is 5.32 Å². The van der Waals surface area contributed by atoms with Gasteiger partial charge in [0.15, 0.2) is 0 Å². The Morgan fingerprint density at radius 3 is 2.65 bits per heavy atom. The van der Waals surface area contributed by atoms with Gasteiger partial charge in [-0.3, -0.25) is 4.90 Å². The van der Waals surface area contributed by atoms with Crippen LogP contribution in [0.25, 0.3) is 0 Å². The standard InChI is InChI=1S/C14H31N3/c1-5-14-8-7-13(2)17(14)12-10-15-9-6-11-16(3)4/h13-15H,5-12H2,1-4H3. The van der Waals surface area contributed by atoms with Crippen molar-refractivity contribution in [1.29, 1.82) is 0 Å². The summed E-state index contributed by atoms with van der Waals surface area (Å²) in [6.07, 6.45) is 5.35. The molecule has 2 atom stereocenters. The molecule has 0 saturated carbocycles. The molecule has 0 aromatic heterocycles. The summed E-state index contributed by atoms with van der Waals surface area (Å²) < 4.78 is 0. The van der Waals surface area contributed by atoms with Gasteiger partial charge in [-0.15, -0.1) is 0 Å². The maximum atomic E-state index is 3.56. The topological polar surface area (TPSA) is 18.5 Å². The molecule has 1 N–H and O–H groups in total. The van der Waals surface area contributed by atoms with Crippen molar-refractivity contribution in [3.63, 3.8) is 0 Å². The highest BCUT2D eigenvalue weighted by Gasteiger charge is 2.28. The van der Waals surface area contributed by atoms with E-state index in [1.165, 1.54) is 38.8 Å². The Labute approximate surface area is 108 Å². The fourth-order valence-corrected chi connectivity index (χ4v) is 2.82. The van der Waals surface area contributed by atoms with Crippen LogP contribution in [-0.4, -0.2) is 62.2 Å². The second kappa shape index (κ2) is 8.06. The highest BCUT2D eigenvalue weighted by molar-refractivity contribution is 4.84. The highest BCUT2D eigenvalue weighted by atomic mass is 15.2. The van der Waals surface area contributed by atoms with Crippen molar-refractivity contribution in [3.8, 4) is 0 Å². The Morgan fingerprint density at radius 1 is 1.24 bits per heavy atom. The molecule has 1 saturated heterocycles. The second-order valence-electron chi connectivity index (χ2n) is 5.63. The van der Waals surface area contributed by atoms with Gasteiger partial charge in [-0.25, -0.2) is 0 Å². The van der Waals surface area contributed by atoms with E-state index in [-0.39, 0.29) is 0 Å². The van der Waals surface area contributed by atoms with Gasteiger partial charge in [0.05, 0.1) is 0 Å². The fourth-order valence-electron chi connectivity index (χ4n) is 2.82. The van der Waals surface area contributed by atoms with Crippen molar-refractivity contribution < 1.29 is 0 Å². The molecule has 0 bridgehead atoms. The first-order valence-electron chi connectivity index (χ1n) is 7.26. The van der Waals surface area contributed by atoms with Crippen molar-refractivity contribution in [2.75, 3.05) is 40.3 Å². The molecular weight excluding hydrogens is 210 g/mol. The van der Waals surface area contributed by atoms with Crippen LogP contribution in [0.4, 0.5) is 0 Å². The van der Waals surface area contributed by atoms with Crippen LogP contribution in [0.3, 0.4) is 0 Å². The normalized spacial score (nSPS) is 25.9. The first-order valence-corrected chi connectivity index (χ1v) is 7.26. The third-order valence-corrected chi connectivity index (χ3v) is 3.93. The van der Waals surface area contributed by atoms with Gasteiger partial charge in [0, 0.05) is 25.2 Å². The maximum absolute atomic E-state index is 3.56. The zero-order valence-electron chi connectivity index (χ0n) is 12.2. The van der Waals surface area contributed by atoms with E-state index in [0.717, 1.165) is 25.2 Å². The molecule has 0 aromatic rings. The van der Waals surface area contributed by atoms with E-state index in [1.54, 1.807) is 0 Å². The predicted octanol–water partition coefficient (Wildman–Crippen LogP) is 1.79. The van der Waals surface area contributed by atoms with Crippen molar-refractivity contribution in [3.05, 3.63) is 0 Å². The lowest BCUT2D eigenvalue weighted by atomic mass is 10.1. The van der Waals surface area contributed by atoms with Crippen molar-refractivity contribution in [1.82, 2.24) is 15.1 Å². The van der Waals surface area contributed by atoms with Gasteiger partial charge in [-0.05, 0) is 59.8 Å². The molecular formula is C14H31N3. The number of hydrogen-bond acceptors (Lipinski definition) is 3. The fraction of sp³-hybridized carbons (Fsp3) is 1.00. The van der Waals surface area contributed by atoms with Crippen LogP contribution in [-0.2, 0) is 0 Å². The highest BCUT2D eigenvalue weighted by Crippen LogP contribution is 2.24. The Morgan fingerprint density at radius 2 is 2.00 bits per heavy atom. The van der Waals surface area contributed by atoms with E-state index in [2.05, 4.69) is 43.1 Å². The summed E-state index contributed by atoms with van der Waals surface area (Å²) in [5, 5.41) is 3.56. The van der Waals surface area contributed by atoms with Crippen LogP contribution in [0.2, 0.25) is 0 Å². The van der Waals surface area contributed by atoms with Crippen LogP contribution in [0.1, 0.15) is 39.5 Å². The average molecular weight is 241 g/mol. The van der Waals surface area contributed by atoms with E-state index in [4.69, 9.17) is 0 Å². The molecule has 3 heteroatoms. The number of nitrogens with zero attached hydrogens (tertiary/aromatic N) is 2. The molecule has 1 rings (SSSR count). The lowest BCUT2D eigenvalue weighted by molar-refractivity contribution is 0.199. The Kier molecular flexibility index (Phi) is 7.09. The number of likely N-dealkylation sites (tertiary alicyclic amines) is 1. The molecule has 1 aliphatic rings. The number of rotatable bonds is 8. The average Bonchev–Trinajstić information content (AvgIpc) is 2.64. The molecule has 0 spiro atoms. The van der Waals surface area contributed by atoms with Crippen LogP contribution >= 0.6 is 0 Å². The number of nitrogens with one attached hydrogen (secondary N) is 1. The monoisotopic (exact) mass is 241 g/mol. The van der Waals surface area contributed by atoms with E-state index in [9.17, 15) is 0 Å². The second-order valence-corrected chi connectivity index (χ2v) is 5.63. The van der Waals surface area contributed by atoms with Gasteiger partial charge in [-0.1, -0.05) is 6.92 Å². The molecule has 3 nitrogen and oxygen atoms in total. The first kappa shape index (κ1) is 14.9. The number of hydrogen-bond donors (Lipinski definition) is 1. The van der Waals surface area contributed by atoms with Gasteiger partial charge in [0.25, 0.3) is 0 Å². The largest absolute Gasteiger partial charge is 0.315 e. The summed E-state index contributed by atoms with van der Waals surface area (Å²) in [5.41, 5.74) is 0. The smallest absolute Gasteiger partial charge is 0.0113 e. The van der Waals surface area contributed by atoms with E-state index < -0.39 is 0 Å². The van der Waals surface area contributed by atoms with Crippen molar-refractivity contribution in [2.45, 2.75) is 51.6 Å². The van der Waals surface area contributed by atoms with Gasteiger partial charge in [-0.2, -0.15) is 0 Å². The lowest BCUT2D eigenvalue weighted by Crippen LogP contribution is -2.39. The minimum absolute atomic E-state index is 0.795. The summed E-state index contributed by atoms with van der Waals surface area (Å²) in [5.74, 6) is 0. The quantitative estimate of drug-likeness (QED) is 0.654. The third-order valence-electron chi connectivity index (χ3n) is 3.93. The SMILES string of the molecule is CCC1CCC(C)N1CCNCCCN(C)C. The summed E-state index contributed by atoms with van der Waals surface area (Å²) in [7, 11) is 4.27. The van der Waals surface area contributed by atoms with E-state index >= 15 is 0 Å². The summed E-state index contributed by atoms with van der Waals surface area (Å²) in [6, 6.07) is 1.64.